The molecule has 0 spiro atoms. The highest BCUT2D eigenvalue weighted by Gasteiger charge is 2.18. The van der Waals surface area contributed by atoms with Crippen LogP contribution in [-0.4, -0.2) is 27.9 Å². The molecule has 1 aromatic heterocycles. The summed E-state index contributed by atoms with van der Waals surface area (Å²) in [5.74, 6) is 1.00. The highest BCUT2D eigenvalue weighted by molar-refractivity contribution is 7.80. The minimum Gasteiger partial charge on any atom is -0.507 e. The van der Waals surface area contributed by atoms with Crippen LogP contribution >= 0.6 is 12.2 Å². The van der Waals surface area contributed by atoms with Crippen molar-refractivity contribution < 1.29 is 23.8 Å². The van der Waals surface area contributed by atoms with Crippen LogP contribution in [0.2, 0.25) is 0 Å². The fraction of sp³-hybridized carbons (Fsp3) is 0.125. The summed E-state index contributed by atoms with van der Waals surface area (Å²) in [5.41, 5.74) is 4.75. The van der Waals surface area contributed by atoms with Gasteiger partial charge in [-0.2, -0.15) is 0 Å². The average molecular weight is 461 g/mol. The Hall–Kier alpha value is -4.11. The van der Waals surface area contributed by atoms with Crippen LogP contribution in [0.15, 0.2) is 52.9 Å². The number of aromatic hydroxyl groups is 1. The van der Waals surface area contributed by atoms with E-state index < -0.39 is 5.91 Å². The fourth-order valence-corrected chi connectivity index (χ4v) is 3.86. The Morgan fingerprint density at radius 1 is 1.06 bits per heavy atom. The number of anilines is 1. The van der Waals surface area contributed by atoms with Crippen molar-refractivity contribution in [1.82, 2.24) is 10.3 Å². The fourth-order valence-electron chi connectivity index (χ4n) is 3.65. The molecule has 8 nitrogen and oxygen atoms in total. The first kappa shape index (κ1) is 20.8. The van der Waals surface area contributed by atoms with E-state index in [0.29, 0.717) is 39.4 Å². The number of oxazole rings is 1. The lowest BCUT2D eigenvalue weighted by Crippen LogP contribution is -2.34. The molecule has 0 fully saturated rings. The van der Waals surface area contributed by atoms with Gasteiger partial charge in [0.15, 0.2) is 22.2 Å². The Morgan fingerprint density at radius 3 is 2.73 bits per heavy atom. The molecule has 0 aliphatic carbocycles. The van der Waals surface area contributed by atoms with Crippen LogP contribution in [0.4, 0.5) is 5.69 Å². The van der Waals surface area contributed by atoms with E-state index in [-0.39, 0.29) is 23.5 Å². The molecule has 2 heterocycles. The molecule has 9 heteroatoms. The van der Waals surface area contributed by atoms with E-state index in [9.17, 15) is 9.90 Å². The van der Waals surface area contributed by atoms with Gasteiger partial charge in [-0.1, -0.05) is 6.07 Å². The Bertz CT molecular complexity index is 1430. The summed E-state index contributed by atoms with van der Waals surface area (Å²) in [6.45, 7) is 4.06. The van der Waals surface area contributed by atoms with Crippen LogP contribution in [0.3, 0.4) is 0 Å². The van der Waals surface area contributed by atoms with Crippen LogP contribution in [0.1, 0.15) is 21.5 Å². The molecule has 0 radical (unpaired) electrons. The van der Waals surface area contributed by atoms with Crippen molar-refractivity contribution >= 4 is 40.0 Å². The van der Waals surface area contributed by atoms with Gasteiger partial charge < -0.3 is 24.3 Å². The SMILES string of the molecule is Cc1cc(C)c2oc(-c3cc(NC(=S)NC(=O)c4ccc5c(c4)OCO5)ccc3O)nc2c1. The molecule has 166 valence electrons. The van der Waals surface area contributed by atoms with Crippen molar-refractivity contribution in [2.45, 2.75) is 13.8 Å². The Kier molecular flexibility index (Phi) is 5.10. The van der Waals surface area contributed by atoms with Gasteiger partial charge in [0.2, 0.25) is 12.7 Å². The maximum absolute atomic E-state index is 12.5. The summed E-state index contributed by atoms with van der Waals surface area (Å²) in [6.07, 6.45) is 0. The van der Waals surface area contributed by atoms with Gasteiger partial charge in [-0.05, 0) is 79.7 Å². The summed E-state index contributed by atoms with van der Waals surface area (Å²) in [5, 5.41) is 16.1. The van der Waals surface area contributed by atoms with E-state index in [4.69, 9.17) is 26.1 Å². The molecule has 4 aromatic rings. The van der Waals surface area contributed by atoms with Crippen molar-refractivity contribution in [1.29, 1.82) is 0 Å². The zero-order chi connectivity index (χ0) is 23.1. The number of benzene rings is 3. The van der Waals surface area contributed by atoms with Gasteiger partial charge in [0.25, 0.3) is 5.91 Å². The number of phenolic OH excluding ortho intramolecular Hbond substituents is 1. The van der Waals surface area contributed by atoms with E-state index in [1.165, 1.54) is 6.07 Å². The van der Waals surface area contributed by atoms with Gasteiger partial charge >= 0.3 is 0 Å². The Labute approximate surface area is 194 Å². The van der Waals surface area contributed by atoms with Crippen LogP contribution in [0.25, 0.3) is 22.6 Å². The van der Waals surface area contributed by atoms with E-state index in [1.54, 1.807) is 30.3 Å². The number of carbonyl (C=O) groups is 1. The summed E-state index contributed by atoms with van der Waals surface area (Å²) >= 11 is 5.29. The third-order valence-electron chi connectivity index (χ3n) is 5.17. The van der Waals surface area contributed by atoms with Crippen molar-refractivity contribution in [2.24, 2.45) is 0 Å². The highest BCUT2D eigenvalue weighted by atomic mass is 32.1. The monoisotopic (exact) mass is 461 g/mol. The van der Waals surface area contributed by atoms with E-state index in [1.807, 2.05) is 26.0 Å². The van der Waals surface area contributed by atoms with Gasteiger partial charge in [-0.25, -0.2) is 4.98 Å². The number of hydrogen-bond donors (Lipinski definition) is 3. The first-order chi connectivity index (χ1) is 15.9. The summed E-state index contributed by atoms with van der Waals surface area (Å²) in [7, 11) is 0. The molecule has 0 saturated heterocycles. The highest BCUT2D eigenvalue weighted by Crippen LogP contribution is 2.35. The molecule has 5 rings (SSSR count). The molecule has 3 N–H and O–H groups in total. The van der Waals surface area contributed by atoms with Crippen molar-refractivity contribution in [2.75, 3.05) is 12.1 Å². The van der Waals surface area contributed by atoms with Gasteiger partial charge in [-0.3, -0.25) is 10.1 Å². The zero-order valence-corrected chi connectivity index (χ0v) is 18.6. The number of ether oxygens (including phenoxy) is 2. The number of aromatic nitrogens is 1. The molecule has 0 bridgehead atoms. The number of nitrogens with zero attached hydrogens (tertiary/aromatic N) is 1. The number of aryl methyl sites for hydroxylation is 2. The minimum absolute atomic E-state index is 0.0109. The Morgan fingerprint density at radius 2 is 1.88 bits per heavy atom. The third-order valence-corrected chi connectivity index (χ3v) is 5.37. The van der Waals surface area contributed by atoms with Crippen molar-refractivity contribution in [3.05, 3.63) is 65.2 Å². The molecular weight excluding hydrogens is 442 g/mol. The van der Waals surface area contributed by atoms with E-state index >= 15 is 0 Å². The minimum atomic E-state index is -0.394. The first-order valence-corrected chi connectivity index (χ1v) is 10.5. The first-order valence-electron chi connectivity index (χ1n) is 10.1. The summed E-state index contributed by atoms with van der Waals surface area (Å²) in [4.78, 5) is 17.1. The van der Waals surface area contributed by atoms with Crippen LogP contribution in [0.5, 0.6) is 17.2 Å². The number of thiocarbonyl (C=S) groups is 1. The maximum Gasteiger partial charge on any atom is 0.257 e. The number of hydrogen-bond acceptors (Lipinski definition) is 7. The molecule has 3 aromatic carbocycles. The van der Waals surface area contributed by atoms with Crippen LogP contribution in [0, 0.1) is 13.8 Å². The van der Waals surface area contributed by atoms with Crippen LogP contribution < -0.4 is 20.1 Å². The molecule has 1 aliphatic rings. The van der Waals surface area contributed by atoms with E-state index in [2.05, 4.69) is 15.6 Å². The average Bonchev–Trinajstić information content (AvgIpc) is 3.41. The third kappa shape index (κ3) is 4.06. The molecule has 1 aliphatic heterocycles. The predicted molar refractivity (Wildman–Crippen MR) is 127 cm³/mol. The standard InChI is InChI=1S/C24H19N3O5S/c1-12-7-13(2)21-17(8-12)26-23(32-21)16-10-15(4-5-18(16)28)25-24(33)27-22(29)14-3-6-19-20(9-14)31-11-30-19/h3-10,28H,11H2,1-2H3,(H2,25,27,29,33). The number of fused-ring (bicyclic) bond motifs is 2. The second-order valence-corrected chi connectivity index (χ2v) is 8.07. The topological polar surface area (TPSA) is 106 Å². The lowest BCUT2D eigenvalue weighted by atomic mass is 10.1. The smallest absolute Gasteiger partial charge is 0.257 e. The van der Waals surface area contributed by atoms with E-state index in [0.717, 1.165) is 11.1 Å². The van der Waals surface area contributed by atoms with Crippen LogP contribution in [-0.2, 0) is 0 Å². The zero-order valence-electron chi connectivity index (χ0n) is 17.8. The van der Waals surface area contributed by atoms with Crippen molar-refractivity contribution in [3.8, 4) is 28.7 Å². The molecule has 0 saturated carbocycles. The quantitative estimate of drug-likeness (QED) is 0.299. The van der Waals surface area contributed by atoms with Gasteiger partial charge in [0.05, 0.1) is 5.56 Å². The number of carbonyl (C=O) groups excluding carboxylic acids is 1. The number of rotatable bonds is 3. The van der Waals surface area contributed by atoms with Crippen molar-refractivity contribution in [3.63, 3.8) is 0 Å². The number of amides is 1. The molecule has 33 heavy (non-hydrogen) atoms. The second-order valence-electron chi connectivity index (χ2n) is 7.66. The maximum atomic E-state index is 12.5. The normalized spacial score (nSPS) is 12.1. The van der Waals surface area contributed by atoms with Gasteiger partial charge in [-0.15, -0.1) is 0 Å². The molecule has 0 atom stereocenters. The molecule has 0 unspecified atom stereocenters. The molecular formula is C24H19N3O5S. The Balaban J connectivity index is 1.34. The second kappa shape index (κ2) is 8.10. The van der Waals surface area contributed by atoms with Gasteiger partial charge in [0, 0.05) is 11.3 Å². The largest absolute Gasteiger partial charge is 0.507 e. The lowest BCUT2D eigenvalue weighted by Gasteiger charge is -2.11. The number of nitrogens with one attached hydrogen (secondary N) is 2. The predicted octanol–water partition coefficient (Wildman–Crippen LogP) is 4.67. The molecule has 1 amide bonds. The summed E-state index contributed by atoms with van der Waals surface area (Å²) in [6, 6.07) is 13.6. The number of phenols is 1. The van der Waals surface area contributed by atoms with Gasteiger partial charge in [0.1, 0.15) is 11.3 Å². The summed E-state index contributed by atoms with van der Waals surface area (Å²) < 4.78 is 16.5. The lowest BCUT2D eigenvalue weighted by molar-refractivity contribution is 0.0977.